The van der Waals surface area contributed by atoms with Gasteiger partial charge >= 0.3 is 0 Å². The third kappa shape index (κ3) is 3.00. The van der Waals surface area contributed by atoms with Gasteiger partial charge in [-0.3, -0.25) is 0 Å². The van der Waals surface area contributed by atoms with E-state index >= 15 is 0 Å². The lowest BCUT2D eigenvalue weighted by molar-refractivity contribution is 0.576. The molecule has 100 valence electrons. The maximum atomic E-state index is 12.1. The van der Waals surface area contributed by atoms with Crippen LogP contribution in [0.5, 0.6) is 0 Å². The molecule has 2 atom stereocenters. The zero-order chi connectivity index (χ0) is 13.2. The number of pyridine rings is 1. The summed E-state index contributed by atoms with van der Waals surface area (Å²) < 4.78 is 27.0. The predicted molar refractivity (Wildman–Crippen MR) is 70.9 cm³/mol. The van der Waals surface area contributed by atoms with Crippen molar-refractivity contribution >= 4 is 15.8 Å². The minimum Gasteiger partial charge on any atom is -0.370 e. The average Bonchev–Trinajstić information content (AvgIpc) is 3.07. The van der Waals surface area contributed by atoms with E-state index in [4.69, 9.17) is 0 Å². The fraction of sp³-hybridized carbons (Fsp3) is 0.583. The molecule has 1 fully saturated rings. The number of anilines is 1. The van der Waals surface area contributed by atoms with Crippen LogP contribution in [0.4, 0.5) is 5.82 Å². The smallest absolute Gasteiger partial charge is 0.241 e. The first-order valence-electron chi connectivity index (χ1n) is 6.29. The van der Waals surface area contributed by atoms with Crippen LogP contribution in [0.2, 0.25) is 0 Å². The highest BCUT2D eigenvalue weighted by Crippen LogP contribution is 2.34. The molecule has 6 heteroatoms. The fourth-order valence-corrected chi connectivity index (χ4v) is 3.30. The number of aromatic nitrogens is 1. The molecule has 2 rings (SSSR count). The largest absolute Gasteiger partial charge is 0.370 e. The Balaban J connectivity index is 2.11. The molecule has 0 aliphatic heterocycles. The van der Waals surface area contributed by atoms with E-state index in [0.29, 0.717) is 18.3 Å². The Bertz CT molecular complexity index is 516. The van der Waals surface area contributed by atoms with Gasteiger partial charge in [-0.25, -0.2) is 18.1 Å². The zero-order valence-electron chi connectivity index (χ0n) is 10.7. The van der Waals surface area contributed by atoms with E-state index in [1.54, 1.807) is 6.07 Å². The minimum absolute atomic E-state index is 0.107. The molecule has 1 aliphatic rings. The van der Waals surface area contributed by atoms with Crippen LogP contribution in [0.3, 0.4) is 0 Å². The monoisotopic (exact) mass is 269 g/mol. The summed E-state index contributed by atoms with van der Waals surface area (Å²) in [7, 11) is -3.41. The van der Waals surface area contributed by atoms with Crippen LogP contribution in [0, 0.1) is 5.92 Å². The molecule has 1 aromatic rings. The summed E-state index contributed by atoms with van der Waals surface area (Å²) in [6, 6.07) is 3.19. The maximum Gasteiger partial charge on any atom is 0.241 e. The van der Waals surface area contributed by atoms with Gasteiger partial charge in [-0.05, 0) is 25.3 Å². The van der Waals surface area contributed by atoms with Gasteiger partial charge in [-0.15, -0.1) is 0 Å². The number of nitrogens with one attached hydrogen (secondary N) is 2. The van der Waals surface area contributed by atoms with Crippen molar-refractivity contribution in [3.8, 4) is 0 Å². The van der Waals surface area contributed by atoms with Gasteiger partial charge in [0, 0.05) is 24.8 Å². The van der Waals surface area contributed by atoms with Crippen molar-refractivity contribution < 1.29 is 8.42 Å². The van der Waals surface area contributed by atoms with Crippen LogP contribution >= 0.6 is 0 Å². The second-order valence-electron chi connectivity index (χ2n) is 4.54. The number of hydrogen-bond acceptors (Lipinski definition) is 4. The summed E-state index contributed by atoms with van der Waals surface area (Å²) in [5.74, 6) is 1.08. The van der Waals surface area contributed by atoms with Crippen LogP contribution in [0.25, 0.3) is 0 Å². The molecule has 1 aliphatic carbocycles. The lowest BCUT2D eigenvalue weighted by Gasteiger charge is -2.08. The van der Waals surface area contributed by atoms with E-state index in [2.05, 4.69) is 21.9 Å². The highest BCUT2D eigenvalue weighted by molar-refractivity contribution is 7.89. The van der Waals surface area contributed by atoms with Crippen molar-refractivity contribution in [2.45, 2.75) is 37.6 Å². The van der Waals surface area contributed by atoms with Crippen molar-refractivity contribution in [2.75, 3.05) is 11.9 Å². The van der Waals surface area contributed by atoms with Crippen LogP contribution in [-0.4, -0.2) is 26.0 Å². The Morgan fingerprint density at radius 2 is 2.22 bits per heavy atom. The lowest BCUT2D eigenvalue weighted by Crippen LogP contribution is -2.27. The van der Waals surface area contributed by atoms with Crippen molar-refractivity contribution in [1.29, 1.82) is 0 Å². The number of hydrogen-bond donors (Lipinski definition) is 2. The average molecular weight is 269 g/mol. The van der Waals surface area contributed by atoms with Gasteiger partial charge in [0.2, 0.25) is 10.0 Å². The number of nitrogens with zero attached hydrogens (tertiary/aromatic N) is 1. The van der Waals surface area contributed by atoms with E-state index in [0.717, 1.165) is 12.8 Å². The molecular formula is C12H19N3O2S. The van der Waals surface area contributed by atoms with E-state index < -0.39 is 10.0 Å². The molecule has 18 heavy (non-hydrogen) atoms. The molecule has 1 saturated carbocycles. The van der Waals surface area contributed by atoms with Gasteiger partial charge < -0.3 is 5.32 Å². The molecule has 2 unspecified atom stereocenters. The third-order valence-electron chi connectivity index (χ3n) is 3.15. The molecule has 5 nitrogen and oxygen atoms in total. The van der Waals surface area contributed by atoms with Gasteiger partial charge in [-0.2, -0.15) is 0 Å². The second kappa shape index (κ2) is 5.24. The molecule has 0 bridgehead atoms. The maximum absolute atomic E-state index is 12.1. The molecule has 2 N–H and O–H groups in total. The summed E-state index contributed by atoms with van der Waals surface area (Å²) >= 11 is 0. The molecule has 0 spiro atoms. The summed E-state index contributed by atoms with van der Waals surface area (Å²) in [6.45, 7) is 4.73. The zero-order valence-corrected chi connectivity index (χ0v) is 11.5. The topological polar surface area (TPSA) is 71.1 Å². The third-order valence-corrected chi connectivity index (χ3v) is 4.64. The summed E-state index contributed by atoms with van der Waals surface area (Å²) in [4.78, 5) is 4.34. The Morgan fingerprint density at radius 1 is 1.44 bits per heavy atom. The minimum atomic E-state index is -3.41. The Morgan fingerprint density at radius 3 is 2.83 bits per heavy atom. The number of rotatable bonds is 6. The second-order valence-corrected chi connectivity index (χ2v) is 6.25. The van der Waals surface area contributed by atoms with Crippen molar-refractivity contribution in [3.05, 3.63) is 18.3 Å². The predicted octanol–water partition coefficient (Wildman–Crippen LogP) is 1.59. The summed E-state index contributed by atoms with van der Waals surface area (Å²) in [5.41, 5.74) is 0. The van der Waals surface area contributed by atoms with E-state index in [-0.39, 0.29) is 10.9 Å². The van der Waals surface area contributed by atoms with Gasteiger partial charge in [0.1, 0.15) is 5.82 Å². The van der Waals surface area contributed by atoms with Crippen LogP contribution in [-0.2, 0) is 10.0 Å². The van der Waals surface area contributed by atoms with Crippen molar-refractivity contribution in [2.24, 2.45) is 5.92 Å². The van der Waals surface area contributed by atoms with Gasteiger partial charge in [0.25, 0.3) is 0 Å². The fourth-order valence-electron chi connectivity index (χ4n) is 1.97. The first kappa shape index (κ1) is 13.3. The Hall–Kier alpha value is -1.14. The van der Waals surface area contributed by atoms with E-state index in [1.807, 2.05) is 6.92 Å². The molecule has 0 saturated heterocycles. The first-order chi connectivity index (χ1) is 8.56. The van der Waals surface area contributed by atoms with Crippen molar-refractivity contribution in [3.63, 3.8) is 0 Å². The van der Waals surface area contributed by atoms with E-state index in [9.17, 15) is 8.42 Å². The normalized spacial score (nSPS) is 22.8. The quantitative estimate of drug-likeness (QED) is 0.822. The summed E-state index contributed by atoms with van der Waals surface area (Å²) in [5, 5.41) is 3.01. The molecule has 1 aromatic heterocycles. The van der Waals surface area contributed by atoms with Crippen molar-refractivity contribution in [1.82, 2.24) is 9.71 Å². The number of sulfonamides is 1. The Labute approximate surface area is 108 Å². The molecule has 0 amide bonds. The van der Waals surface area contributed by atoms with E-state index in [1.165, 1.54) is 12.3 Å². The SMILES string of the molecule is CCNc1cc(S(=O)(=O)NC2CC2CC)ccn1. The molecular weight excluding hydrogens is 250 g/mol. The van der Waals surface area contributed by atoms with Gasteiger partial charge in [0.05, 0.1) is 4.90 Å². The lowest BCUT2D eigenvalue weighted by atomic mass is 10.3. The van der Waals surface area contributed by atoms with Gasteiger partial charge in [-0.1, -0.05) is 13.3 Å². The van der Waals surface area contributed by atoms with Crippen LogP contribution in [0.15, 0.2) is 23.2 Å². The first-order valence-corrected chi connectivity index (χ1v) is 7.77. The highest BCUT2D eigenvalue weighted by Gasteiger charge is 2.38. The highest BCUT2D eigenvalue weighted by atomic mass is 32.2. The summed E-state index contributed by atoms with van der Waals surface area (Å²) in [6.07, 6.45) is 3.48. The molecule has 0 aromatic carbocycles. The molecule has 0 radical (unpaired) electrons. The van der Waals surface area contributed by atoms with Crippen LogP contribution < -0.4 is 10.0 Å². The Kier molecular flexibility index (Phi) is 3.87. The standard InChI is InChI=1S/C12H19N3O2S/c1-3-9-7-11(9)15-18(16,17)10-5-6-14-12(8-10)13-4-2/h5-6,8-9,11,15H,3-4,7H2,1-2H3,(H,13,14). The van der Waals surface area contributed by atoms with Gasteiger partial charge in [0.15, 0.2) is 0 Å². The molecule has 1 heterocycles. The van der Waals surface area contributed by atoms with Crippen LogP contribution in [0.1, 0.15) is 26.7 Å².